The lowest BCUT2D eigenvalue weighted by molar-refractivity contribution is 0.111. The van der Waals surface area contributed by atoms with E-state index in [1.54, 1.807) is 14.2 Å². The van der Waals surface area contributed by atoms with Gasteiger partial charge in [-0.1, -0.05) is 18.2 Å². The van der Waals surface area contributed by atoms with E-state index in [1.807, 2.05) is 53.2 Å². The predicted octanol–water partition coefficient (Wildman–Crippen LogP) is 4.49. The molecule has 0 fully saturated rings. The summed E-state index contributed by atoms with van der Waals surface area (Å²) in [6, 6.07) is 16.0. The number of aryl methyl sites for hydroxylation is 1. The Hall–Kier alpha value is -3.38. The van der Waals surface area contributed by atoms with Crippen LogP contribution in [0.2, 0.25) is 0 Å². The Kier molecular flexibility index (Phi) is 4.64. The largest absolute Gasteiger partial charge is 0.493 e. The van der Waals surface area contributed by atoms with Crippen molar-refractivity contribution in [3.63, 3.8) is 0 Å². The Bertz CT molecular complexity index is 1230. The van der Waals surface area contributed by atoms with E-state index < -0.39 is 0 Å². The molecule has 0 N–H and O–H groups in total. The van der Waals surface area contributed by atoms with Crippen molar-refractivity contribution < 1.29 is 14.2 Å². The van der Waals surface area contributed by atoms with E-state index in [9.17, 15) is 0 Å². The zero-order chi connectivity index (χ0) is 20.7. The number of aromatic nitrogens is 3. The molecule has 5 rings (SSSR count). The molecule has 30 heavy (non-hydrogen) atoms. The predicted molar refractivity (Wildman–Crippen MR) is 116 cm³/mol. The van der Waals surface area contributed by atoms with Gasteiger partial charge in [0, 0.05) is 16.5 Å². The molecule has 1 aliphatic rings. The van der Waals surface area contributed by atoms with Gasteiger partial charge < -0.3 is 14.2 Å². The molecule has 6 nitrogen and oxygen atoms in total. The van der Waals surface area contributed by atoms with Crippen LogP contribution in [-0.4, -0.2) is 35.6 Å². The molecule has 0 atom stereocenters. The average molecular weight is 401 g/mol. The van der Waals surface area contributed by atoms with Crippen molar-refractivity contribution in [1.29, 1.82) is 0 Å². The first-order valence-electron chi connectivity index (χ1n) is 9.98. The molecular formula is C24H23N3O3. The van der Waals surface area contributed by atoms with Crippen LogP contribution in [0.3, 0.4) is 0 Å². The van der Waals surface area contributed by atoms with Crippen molar-refractivity contribution in [1.82, 2.24) is 14.8 Å². The summed E-state index contributed by atoms with van der Waals surface area (Å²) < 4.78 is 18.7. The van der Waals surface area contributed by atoms with E-state index in [0.29, 0.717) is 24.7 Å². The van der Waals surface area contributed by atoms with Crippen LogP contribution in [-0.2, 0) is 17.8 Å². The van der Waals surface area contributed by atoms with Gasteiger partial charge in [0.25, 0.3) is 0 Å². The smallest absolute Gasteiger partial charge is 0.164 e. The van der Waals surface area contributed by atoms with Crippen molar-refractivity contribution >= 4 is 11.0 Å². The summed E-state index contributed by atoms with van der Waals surface area (Å²) in [5.74, 6) is 1.37. The Balaban J connectivity index is 1.81. The number of fused-ring (bicyclic) bond motifs is 3. The highest BCUT2D eigenvalue weighted by Crippen LogP contribution is 2.38. The molecule has 2 aromatic carbocycles. The van der Waals surface area contributed by atoms with E-state index in [4.69, 9.17) is 24.3 Å². The molecule has 0 amide bonds. The number of rotatable bonds is 4. The van der Waals surface area contributed by atoms with Gasteiger partial charge in [-0.25, -0.2) is 9.67 Å². The second-order valence-electron chi connectivity index (χ2n) is 7.32. The molecule has 4 aromatic rings. The second-order valence-corrected chi connectivity index (χ2v) is 7.32. The second kappa shape index (κ2) is 7.46. The fourth-order valence-corrected chi connectivity index (χ4v) is 4.19. The molecule has 0 saturated heterocycles. The number of methoxy groups -OCH3 is 2. The maximum Gasteiger partial charge on any atom is 0.164 e. The van der Waals surface area contributed by atoms with Crippen molar-refractivity contribution in [2.45, 2.75) is 20.0 Å². The maximum atomic E-state index is 5.82. The maximum absolute atomic E-state index is 5.82. The lowest BCUT2D eigenvalue weighted by atomic mass is 9.94. The molecular weight excluding hydrogens is 378 g/mol. The van der Waals surface area contributed by atoms with Gasteiger partial charge in [-0.05, 0) is 49.2 Å². The van der Waals surface area contributed by atoms with Crippen molar-refractivity contribution in [2.24, 2.45) is 0 Å². The van der Waals surface area contributed by atoms with Gasteiger partial charge in [0.15, 0.2) is 17.1 Å². The summed E-state index contributed by atoms with van der Waals surface area (Å²) in [6.07, 6.45) is 0.843. The third kappa shape index (κ3) is 2.92. The molecule has 6 heteroatoms. The number of benzene rings is 2. The summed E-state index contributed by atoms with van der Waals surface area (Å²) >= 11 is 0. The highest BCUT2D eigenvalue weighted by molar-refractivity contribution is 5.88. The van der Waals surface area contributed by atoms with E-state index in [-0.39, 0.29) is 0 Å². The number of nitrogens with zero attached hydrogens (tertiary/aromatic N) is 3. The highest BCUT2D eigenvalue weighted by Gasteiger charge is 2.24. The number of hydrogen-bond acceptors (Lipinski definition) is 5. The first kappa shape index (κ1) is 18.6. The van der Waals surface area contributed by atoms with Crippen molar-refractivity contribution in [3.05, 3.63) is 65.4 Å². The van der Waals surface area contributed by atoms with Crippen LogP contribution in [0.25, 0.3) is 28.0 Å². The summed E-state index contributed by atoms with van der Waals surface area (Å²) in [7, 11) is 3.28. The standard InChI is InChI=1S/C24H23N3O3/c1-15-22-18-11-12-30-14-19(18)23(16-9-10-20(28-2)21(13-16)29-3)25-24(22)27(26-15)17-7-5-4-6-8-17/h4-10,13H,11-12,14H2,1-3H3. The van der Waals surface area contributed by atoms with E-state index in [1.165, 1.54) is 5.56 Å². The highest BCUT2D eigenvalue weighted by atomic mass is 16.5. The Labute approximate surface area is 175 Å². The van der Waals surface area contributed by atoms with Crippen LogP contribution < -0.4 is 9.47 Å². The Morgan fingerprint density at radius 2 is 1.77 bits per heavy atom. The SMILES string of the molecule is COc1ccc(-c2nc3c(c(C)nn3-c3ccccc3)c3c2COCC3)cc1OC. The molecule has 152 valence electrons. The number of para-hydroxylation sites is 1. The van der Waals surface area contributed by atoms with Crippen LogP contribution in [0.1, 0.15) is 16.8 Å². The number of ether oxygens (including phenoxy) is 3. The first-order chi connectivity index (χ1) is 14.7. The van der Waals surface area contributed by atoms with Gasteiger partial charge in [-0.2, -0.15) is 5.10 Å². The minimum absolute atomic E-state index is 0.540. The van der Waals surface area contributed by atoms with Crippen molar-refractivity contribution in [3.8, 4) is 28.4 Å². The minimum Gasteiger partial charge on any atom is -0.493 e. The summed E-state index contributed by atoms with van der Waals surface area (Å²) in [5.41, 5.74) is 7.10. The normalized spacial score (nSPS) is 13.3. The zero-order valence-corrected chi connectivity index (χ0v) is 17.3. The van der Waals surface area contributed by atoms with E-state index in [0.717, 1.165) is 45.7 Å². The molecule has 0 unspecified atom stereocenters. The molecule has 2 aromatic heterocycles. The molecule has 1 aliphatic heterocycles. The third-order valence-corrected chi connectivity index (χ3v) is 5.61. The Morgan fingerprint density at radius 3 is 2.53 bits per heavy atom. The van der Waals surface area contributed by atoms with Gasteiger partial charge >= 0.3 is 0 Å². The van der Waals surface area contributed by atoms with Crippen LogP contribution in [0, 0.1) is 6.92 Å². The van der Waals surface area contributed by atoms with Crippen LogP contribution in [0.15, 0.2) is 48.5 Å². The molecule has 0 saturated carbocycles. The van der Waals surface area contributed by atoms with Gasteiger partial charge in [-0.3, -0.25) is 0 Å². The topological polar surface area (TPSA) is 58.4 Å². The number of hydrogen-bond donors (Lipinski definition) is 0. The average Bonchev–Trinajstić information content (AvgIpc) is 3.15. The zero-order valence-electron chi connectivity index (χ0n) is 17.3. The van der Waals surface area contributed by atoms with Gasteiger partial charge in [0.05, 0.1) is 44.5 Å². The molecule has 0 spiro atoms. The van der Waals surface area contributed by atoms with Crippen LogP contribution >= 0.6 is 0 Å². The fraction of sp³-hybridized carbons (Fsp3) is 0.250. The molecule has 0 bridgehead atoms. The quantitative estimate of drug-likeness (QED) is 0.504. The third-order valence-electron chi connectivity index (χ3n) is 5.61. The van der Waals surface area contributed by atoms with E-state index in [2.05, 4.69) is 6.92 Å². The van der Waals surface area contributed by atoms with E-state index >= 15 is 0 Å². The molecule has 0 aliphatic carbocycles. The van der Waals surface area contributed by atoms with Crippen molar-refractivity contribution in [2.75, 3.05) is 20.8 Å². The summed E-state index contributed by atoms with van der Waals surface area (Å²) in [6.45, 7) is 3.29. The van der Waals surface area contributed by atoms with Gasteiger partial charge in [0.1, 0.15) is 0 Å². The van der Waals surface area contributed by atoms with Crippen LogP contribution in [0.5, 0.6) is 11.5 Å². The summed E-state index contributed by atoms with van der Waals surface area (Å²) in [4.78, 5) is 5.11. The molecule has 3 heterocycles. The van der Waals surface area contributed by atoms with Gasteiger partial charge in [-0.15, -0.1) is 0 Å². The monoisotopic (exact) mass is 401 g/mol. The minimum atomic E-state index is 0.540. The summed E-state index contributed by atoms with van der Waals surface area (Å²) in [5, 5.41) is 5.96. The fourth-order valence-electron chi connectivity index (χ4n) is 4.19. The lowest BCUT2D eigenvalue weighted by Gasteiger charge is -2.21. The van der Waals surface area contributed by atoms with Gasteiger partial charge in [0.2, 0.25) is 0 Å². The molecule has 0 radical (unpaired) electrons. The lowest BCUT2D eigenvalue weighted by Crippen LogP contribution is -2.13. The first-order valence-corrected chi connectivity index (χ1v) is 9.98. The Morgan fingerprint density at radius 1 is 0.967 bits per heavy atom. The van der Waals surface area contributed by atoms with Crippen LogP contribution in [0.4, 0.5) is 0 Å². The number of pyridine rings is 1.